The molecule has 170 valence electrons. The molecule has 2 N–H and O–H groups in total. The molecule has 1 amide bonds. The van der Waals surface area contributed by atoms with Gasteiger partial charge in [-0.2, -0.15) is 0 Å². The van der Waals surface area contributed by atoms with Gasteiger partial charge in [0.25, 0.3) is 5.91 Å². The van der Waals surface area contributed by atoms with E-state index in [1.165, 1.54) is 31.4 Å². The molecule has 33 heavy (non-hydrogen) atoms. The third-order valence-corrected chi connectivity index (χ3v) is 5.78. The molecule has 0 saturated carbocycles. The molecule has 4 rings (SSSR count). The molecule has 0 spiro atoms. The molecule has 1 saturated heterocycles. The summed E-state index contributed by atoms with van der Waals surface area (Å²) in [5, 5.41) is 0. The summed E-state index contributed by atoms with van der Waals surface area (Å²) in [4.78, 5) is 22.7. The summed E-state index contributed by atoms with van der Waals surface area (Å²) < 4.78 is 35.5. The molecular formula is C24H23F2N5O2. The number of aromatic nitrogens is 2. The summed E-state index contributed by atoms with van der Waals surface area (Å²) in [6.07, 6.45) is 1.65. The molecule has 0 bridgehead atoms. The number of nitrogens with two attached hydrogens (primary N) is 1. The van der Waals surface area contributed by atoms with Gasteiger partial charge < -0.3 is 15.4 Å². The smallest absolute Gasteiger partial charge is 0.274 e. The molecule has 2 aromatic carbocycles. The van der Waals surface area contributed by atoms with E-state index in [9.17, 15) is 13.6 Å². The predicted octanol–water partition coefficient (Wildman–Crippen LogP) is 4.25. The topological polar surface area (TPSA) is 77.7 Å². The summed E-state index contributed by atoms with van der Waals surface area (Å²) >= 11 is 0. The standard InChI is InChI=1S/C24H23F2N5O2/c1-14-22(24(32)30-10-4-5-16(27)13-30)29-23(15-6-8-20(28-2)18(25)11-15)31(14)17-7-9-21(33-3)19(26)12-17/h6-9,11-12,16H,4-5,10,13,27H2,1,3H3/t16-/m0/s1. The van der Waals surface area contributed by atoms with Gasteiger partial charge in [0.2, 0.25) is 5.69 Å². The molecule has 1 aliphatic rings. The van der Waals surface area contributed by atoms with E-state index < -0.39 is 11.6 Å². The van der Waals surface area contributed by atoms with Gasteiger partial charge in [-0.1, -0.05) is 12.1 Å². The first-order valence-electron chi connectivity index (χ1n) is 10.5. The van der Waals surface area contributed by atoms with Crippen molar-refractivity contribution in [3.8, 4) is 22.8 Å². The highest BCUT2D eigenvalue weighted by atomic mass is 19.1. The summed E-state index contributed by atoms with van der Waals surface area (Å²) in [6, 6.07) is 8.38. The van der Waals surface area contributed by atoms with Crippen LogP contribution in [0.25, 0.3) is 21.9 Å². The van der Waals surface area contributed by atoms with Crippen LogP contribution in [0.15, 0.2) is 36.4 Å². The zero-order valence-electron chi connectivity index (χ0n) is 18.3. The molecule has 0 radical (unpaired) electrons. The van der Waals surface area contributed by atoms with Crippen LogP contribution in [0.3, 0.4) is 0 Å². The van der Waals surface area contributed by atoms with E-state index in [2.05, 4.69) is 9.83 Å². The largest absolute Gasteiger partial charge is 0.494 e. The second-order valence-corrected chi connectivity index (χ2v) is 7.96. The Labute approximate surface area is 190 Å². The van der Waals surface area contributed by atoms with Gasteiger partial charge in [0.1, 0.15) is 17.3 Å². The van der Waals surface area contributed by atoms with Crippen molar-refractivity contribution in [2.24, 2.45) is 5.73 Å². The van der Waals surface area contributed by atoms with Crippen LogP contribution in [0, 0.1) is 25.1 Å². The molecule has 1 atom stereocenters. The van der Waals surface area contributed by atoms with E-state index in [0.717, 1.165) is 12.8 Å². The molecule has 1 aliphatic heterocycles. The fraction of sp³-hybridized carbons (Fsp3) is 0.292. The zero-order valence-corrected chi connectivity index (χ0v) is 18.3. The first-order chi connectivity index (χ1) is 15.8. The van der Waals surface area contributed by atoms with E-state index in [4.69, 9.17) is 17.0 Å². The number of nitrogens with zero attached hydrogens (tertiary/aromatic N) is 4. The second-order valence-electron chi connectivity index (χ2n) is 7.96. The van der Waals surface area contributed by atoms with Gasteiger partial charge in [-0.15, -0.1) is 0 Å². The maximum absolute atomic E-state index is 14.5. The van der Waals surface area contributed by atoms with Gasteiger partial charge in [-0.05, 0) is 38.0 Å². The lowest BCUT2D eigenvalue weighted by Crippen LogP contribution is -2.46. The summed E-state index contributed by atoms with van der Waals surface area (Å²) in [5.74, 6) is -1.24. The third kappa shape index (κ3) is 4.17. The third-order valence-electron chi connectivity index (χ3n) is 5.78. The van der Waals surface area contributed by atoms with Gasteiger partial charge in [0, 0.05) is 30.8 Å². The lowest BCUT2D eigenvalue weighted by Gasteiger charge is -2.30. The van der Waals surface area contributed by atoms with Crippen LogP contribution >= 0.6 is 0 Å². The van der Waals surface area contributed by atoms with Crippen molar-refractivity contribution in [1.82, 2.24) is 14.5 Å². The molecule has 1 fully saturated rings. The highest BCUT2D eigenvalue weighted by Gasteiger charge is 2.28. The number of likely N-dealkylation sites (tertiary alicyclic amines) is 1. The van der Waals surface area contributed by atoms with E-state index in [0.29, 0.717) is 30.0 Å². The number of hydrogen-bond donors (Lipinski definition) is 1. The van der Waals surface area contributed by atoms with Crippen LogP contribution in [-0.4, -0.2) is 46.6 Å². The van der Waals surface area contributed by atoms with Crippen LogP contribution < -0.4 is 10.5 Å². The molecule has 2 heterocycles. The van der Waals surface area contributed by atoms with Gasteiger partial charge in [-0.25, -0.2) is 18.6 Å². The molecule has 1 aromatic heterocycles. The summed E-state index contributed by atoms with van der Waals surface area (Å²) in [6.45, 7) is 9.77. The number of piperidine rings is 1. The number of carbonyl (C=O) groups is 1. The zero-order chi connectivity index (χ0) is 23.7. The minimum absolute atomic E-state index is 0.0733. The maximum Gasteiger partial charge on any atom is 0.274 e. The Bertz CT molecular complexity index is 1260. The van der Waals surface area contributed by atoms with Crippen LogP contribution in [0.2, 0.25) is 0 Å². The van der Waals surface area contributed by atoms with Crippen LogP contribution in [0.1, 0.15) is 29.0 Å². The Hall–Kier alpha value is -3.77. The molecule has 7 nitrogen and oxygen atoms in total. The minimum Gasteiger partial charge on any atom is -0.494 e. The second kappa shape index (κ2) is 9.00. The van der Waals surface area contributed by atoms with Crippen molar-refractivity contribution in [1.29, 1.82) is 0 Å². The number of benzene rings is 2. The van der Waals surface area contributed by atoms with Crippen molar-refractivity contribution in [3.63, 3.8) is 0 Å². The van der Waals surface area contributed by atoms with Gasteiger partial charge in [-0.3, -0.25) is 9.36 Å². The number of ether oxygens (including phenoxy) is 1. The average Bonchev–Trinajstić information content (AvgIpc) is 3.15. The Kier molecular flexibility index (Phi) is 6.11. The van der Waals surface area contributed by atoms with Crippen LogP contribution in [0.5, 0.6) is 5.75 Å². The predicted molar refractivity (Wildman–Crippen MR) is 120 cm³/mol. The van der Waals surface area contributed by atoms with E-state index in [-0.39, 0.29) is 34.9 Å². The van der Waals surface area contributed by atoms with Gasteiger partial charge >= 0.3 is 0 Å². The molecule has 3 aromatic rings. The van der Waals surface area contributed by atoms with Crippen LogP contribution in [0.4, 0.5) is 14.5 Å². The lowest BCUT2D eigenvalue weighted by molar-refractivity contribution is 0.0702. The normalized spacial score (nSPS) is 15.9. The Morgan fingerprint density at radius 2 is 2.03 bits per heavy atom. The first-order valence-corrected chi connectivity index (χ1v) is 10.5. The number of halogens is 2. The van der Waals surface area contributed by atoms with Gasteiger partial charge in [0.05, 0.1) is 25.1 Å². The highest BCUT2D eigenvalue weighted by molar-refractivity contribution is 5.94. The maximum atomic E-state index is 14.5. The van der Waals surface area contributed by atoms with E-state index >= 15 is 0 Å². The number of hydrogen-bond acceptors (Lipinski definition) is 4. The van der Waals surface area contributed by atoms with Crippen molar-refractivity contribution < 1.29 is 18.3 Å². The Morgan fingerprint density at radius 1 is 1.24 bits per heavy atom. The van der Waals surface area contributed by atoms with E-state index in [1.807, 2.05) is 0 Å². The lowest BCUT2D eigenvalue weighted by atomic mass is 10.1. The van der Waals surface area contributed by atoms with Crippen molar-refractivity contribution in [2.75, 3.05) is 20.2 Å². The molecular weight excluding hydrogens is 428 g/mol. The Balaban J connectivity index is 1.88. The fourth-order valence-electron chi connectivity index (χ4n) is 4.09. The quantitative estimate of drug-likeness (QED) is 0.602. The number of carbonyl (C=O) groups excluding carboxylic acids is 1. The van der Waals surface area contributed by atoms with Crippen LogP contribution in [-0.2, 0) is 0 Å². The fourth-order valence-corrected chi connectivity index (χ4v) is 4.09. The Morgan fingerprint density at radius 3 is 2.67 bits per heavy atom. The van der Waals surface area contributed by atoms with E-state index in [1.54, 1.807) is 28.5 Å². The molecule has 9 heteroatoms. The highest BCUT2D eigenvalue weighted by Crippen LogP contribution is 2.32. The first kappa shape index (κ1) is 22.4. The minimum atomic E-state index is -0.703. The average molecular weight is 451 g/mol. The van der Waals surface area contributed by atoms with Crippen molar-refractivity contribution >= 4 is 11.6 Å². The number of rotatable bonds is 4. The SMILES string of the molecule is [C-]#[N+]c1ccc(-c2nc(C(=O)N3CCC[C@H](N)C3)c(C)n2-c2ccc(OC)c(F)c2)cc1F. The summed E-state index contributed by atoms with van der Waals surface area (Å²) in [5.41, 5.74) is 7.34. The summed E-state index contributed by atoms with van der Waals surface area (Å²) in [7, 11) is 1.37. The van der Waals surface area contributed by atoms with Crippen molar-refractivity contribution in [2.45, 2.75) is 25.8 Å². The molecule has 0 unspecified atom stereocenters. The molecule has 0 aliphatic carbocycles. The van der Waals surface area contributed by atoms with Gasteiger partial charge in [0.15, 0.2) is 11.6 Å². The number of imidazole rings is 1. The monoisotopic (exact) mass is 451 g/mol. The number of amides is 1. The number of methoxy groups -OCH3 is 1. The van der Waals surface area contributed by atoms with Crippen molar-refractivity contribution in [3.05, 3.63) is 70.8 Å².